The first-order valence-electron chi connectivity index (χ1n) is 7.21. The molecule has 3 N–H and O–H groups in total. The van der Waals surface area contributed by atoms with E-state index in [9.17, 15) is 9.90 Å². The average Bonchev–Trinajstić information content (AvgIpc) is 2.70. The van der Waals surface area contributed by atoms with Crippen molar-refractivity contribution in [3.8, 4) is 0 Å². The van der Waals surface area contributed by atoms with Gasteiger partial charge in [-0.25, -0.2) is 0 Å². The van der Waals surface area contributed by atoms with E-state index < -0.39 is 11.5 Å². The van der Waals surface area contributed by atoms with Gasteiger partial charge in [-0.05, 0) is 45.6 Å². The molecule has 0 aromatic carbocycles. The third-order valence-electron chi connectivity index (χ3n) is 4.83. The number of carboxylic acids is 1. The molecule has 5 nitrogen and oxygen atoms in total. The predicted molar refractivity (Wildman–Crippen MR) is 73.0 cm³/mol. The van der Waals surface area contributed by atoms with E-state index in [-0.39, 0.29) is 11.5 Å². The fraction of sp³-hybridized carbons (Fsp3) is 0.929. The van der Waals surface area contributed by atoms with Gasteiger partial charge < -0.3 is 15.6 Å². The normalized spacial score (nSPS) is 35.4. The number of carboxylic acid groups (broad SMARTS) is 1. The highest BCUT2D eigenvalue weighted by atomic mass is 16.5. The van der Waals surface area contributed by atoms with E-state index in [1.54, 1.807) is 0 Å². The van der Waals surface area contributed by atoms with Crippen molar-refractivity contribution in [3.05, 3.63) is 0 Å². The summed E-state index contributed by atoms with van der Waals surface area (Å²) in [4.78, 5) is 13.8. The van der Waals surface area contributed by atoms with Gasteiger partial charge in [0, 0.05) is 12.1 Å². The Morgan fingerprint density at radius 3 is 2.89 bits per heavy atom. The Morgan fingerprint density at radius 1 is 1.53 bits per heavy atom. The van der Waals surface area contributed by atoms with Crippen molar-refractivity contribution in [1.82, 2.24) is 4.90 Å². The van der Waals surface area contributed by atoms with Gasteiger partial charge in [-0.2, -0.15) is 0 Å². The fourth-order valence-corrected chi connectivity index (χ4v) is 3.40. The van der Waals surface area contributed by atoms with Crippen molar-refractivity contribution in [2.75, 3.05) is 26.3 Å². The Bertz CT molecular complexity index is 346. The molecule has 2 unspecified atom stereocenters. The first kappa shape index (κ1) is 14.8. The third-order valence-corrected chi connectivity index (χ3v) is 4.83. The van der Waals surface area contributed by atoms with Crippen molar-refractivity contribution in [2.24, 2.45) is 11.7 Å². The Kier molecular flexibility index (Phi) is 4.18. The van der Waals surface area contributed by atoms with Crippen LogP contribution in [0.15, 0.2) is 0 Å². The largest absolute Gasteiger partial charge is 0.480 e. The van der Waals surface area contributed by atoms with Gasteiger partial charge in [-0.1, -0.05) is 6.42 Å². The highest BCUT2D eigenvalue weighted by molar-refractivity contribution is 5.79. The number of hydrogen-bond donors (Lipinski definition) is 2. The lowest BCUT2D eigenvalue weighted by Gasteiger charge is -2.43. The second kappa shape index (κ2) is 5.38. The van der Waals surface area contributed by atoms with E-state index >= 15 is 0 Å². The minimum Gasteiger partial charge on any atom is -0.480 e. The number of carbonyl (C=O) groups is 1. The smallest absolute Gasteiger partial charge is 0.323 e. The number of rotatable bonds is 4. The van der Waals surface area contributed by atoms with E-state index in [2.05, 4.69) is 18.7 Å². The molecular formula is C14H26N2O3. The molecule has 0 aromatic rings. The van der Waals surface area contributed by atoms with Crippen LogP contribution in [0.1, 0.15) is 39.5 Å². The third kappa shape index (κ3) is 2.93. The summed E-state index contributed by atoms with van der Waals surface area (Å²) >= 11 is 0. The number of hydrogen-bond acceptors (Lipinski definition) is 4. The van der Waals surface area contributed by atoms with Gasteiger partial charge >= 0.3 is 5.97 Å². The van der Waals surface area contributed by atoms with Crippen molar-refractivity contribution in [1.29, 1.82) is 0 Å². The molecule has 0 radical (unpaired) electrons. The summed E-state index contributed by atoms with van der Waals surface area (Å²) in [6.07, 6.45) is 3.35. The Morgan fingerprint density at radius 2 is 2.26 bits per heavy atom. The molecule has 0 aromatic heterocycles. The molecule has 1 heterocycles. The van der Waals surface area contributed by atoms with Gasteiger partial charge in [-0.3, -0.25) is 9.69 Å². The number of aliphatic carboxylic acids is 1. The molecule has 2 fully saturated rings. The van der Waals surface area contributed by atoms with Crippen LogP contribution >= 0.6 is 0 Å². The van der Waals surface area contributed by atoms with E-state index in [4.69, 9.17) is 10.5 Å². The minimum atomic E-state index is -1.00. The second-order valence-corrected chi connectivity index (χ2v) is 6.58. The first-order chi connectivity index (χ1) is 8.86. The summed E-state index contributed by atoms with van der Waals surface area (Å²) in [6, 6.07) is 0. The monoisotopic (exact) mass is 270 g/mol. The molecule has 0 amide bonds. The van der Waals surface area contributed by atoms with E-state index in [0.29, 0.717) is 6.42 Å². The molecule has 5 heteroatoms. The summed E-state index contributed by atoms with van der Waals surface area (Å²) in [7, 11) is 0. The maximum absolute atomic E-state index is 11.4. The molecule has 2 atom stereocenters. The van der Waals surface area contributed by atoms with Crippen LogP contribution in [0.25, 0.3) is 0 Å². The average molecular weight is 270 g/mol. The van der Waals surface area contributed by atoms with Crippen LogP contribution < -0.4 is 5.73 Å². The molecule has 1 saturated carbocycles. The Hall–Kier alpha value is -0.650. The molecule has 0 bridgehead atoms. The van der Waals surface area contributed by atoms with Gasteiger partial charge in [0.05, 0.1) is 13.2 Å². The second-order valence-electron chi connectivity index (χ2n) is 6.58. The van der Waals surface area contributed by atoms with Crippen LogP contribution in [0.5, 0.6) is 0 Å². The Balaban J connectivity index is 1.93. The number of nitrogens with zero attached hydrogens (tertiary/aromatic N) is 1. The lowest BCUT2D eigenvalue weighted by molar-refractivity contribution is -0.145. The fourth-order valence-electron chi connectivity index (χ4n) is 3.40. The van der Waals surface area contributed by atoms with E-state index in [0.717, 1.165) is 45.6 Å². The van der Waals surface area contributed by atoms with Crippen LogP contribution in [0.3, 0.4) is 0 Å². The maximum Gasteiger partial charge on any atom is 0.323 e. The molecule has 110 valence electrons. The lowest BCUT2D eigenvalue weighted by Crippen LogP contribution is -2.55. The zero-order valence-corrected chi connectivity index (χ0v) is 12.0. The Labute approximate surface area is 115 Å². The molecule has 1 aliphatic heterocycles. The van der Waals surface area contributed by atoms with E-state index in [1.165, 1.54) is 0 Å². The van der Waals surface area contributed by atoms with Gasteiger partial charge in [0.2, 0.25) is 0 Å². The van der Waals surface area contributed by atoms with E-state index in [1.807, 2.05) is 0 Å². The van der Waals surface area contributed by atoms with Crippen molar-refractivity contribution >= 4 is 5.97 Å². The van der Waals surface area contributed by atoms with Crippen molar-refractivity contribution < 1.29 is 14.6 Å². The number of nitrogens with two attached hydrogens (primary N) is 1. The summed E-state index contributed by atoms with van der Waals surface area (Å²) in [5.41, 5.74) is 5.12. The van der Waals surface area contributed by atoms with Crippen LogP contribution in [0.4, 0.5) is 0 Å². The standard InChI is InChI=1S/C14H26N2O3/c1-13(2)10-19-9-8-16(13)7-5-11-4-3-6-14(11,15)12(17)18/h11H,3-10,15H2,1-2H3,(H,17,18). The lowest BCUT2D eigenvalue weighted by atomic mass is 9.85. The number of morpholine rings is 1. The summed E-state index contributed by atoms with van der Waals surface area (Å²) in [5.74, 6) is -0.736. The van der Waals surface area contributed by atoms with Crippen LogP contribution in [-0.2, 0) is 9.53 Å². The first-order valence-corrected chi connectivity index (χ1v) is 7.21. The summed E-state index contributed by atoms with van der Waals surface area (Å²) in [6.45, 7) is 7.68. The zero-order chi connectivity index (χ0) is 14.1. The molecule has 2 rings (SSSR count). The van der Waals surface area contributed by atoms with Gasteiger partial charge in [-0.15, -0.1) is 0 Å². The molecule has 0 spiro atoms. The SMILES string of the molecule is CC1(C)COCCN1CCC1CCCC1(N)C(=O)O. The molecular weight excluding hydrogens is 244 g/mol. The van der Waals surface area contributed by atoms with Crippen LogP contribution in [-0.4, -0.2) is 53.4 Å². The van der Waals surface area contributed by atoms with Gasteiger partial charge in [0.15, 0.2) is 0 Å². The van der Waals surface area contributed by atoms with Gasteiger partial charge in [0.25, 0.3) is 0 Å². The topological polar surface area (TPSA) is 75.8 Å². The van der Waals surface area contributed by atoms with Crippen LogP contribution in [0.2, 0.25) is 0 Å². The van der Waals surface area contributed by atoms with Gasteiger partial charge in [0.1, 0.15) is 5.54 Å². The molecule has 19 heavy (non-hydrogen) atoms. The highest BCUT2D eigenvalue weighted by Gasteiger charge is 2.46. The highest BCUT2D eigenvalue weighted by Crippen LogP contribution is 2.37. The maximum atomic E-state index is 11.4. The quantitative estimate of drug-likeness (QED) is 0.799. The van der Waals surface area contributed by atoms with Crippen molar-refractivity contribution in [3.63, 3.8) is 0 Å². The number of ether oxygens (including phenoxy) is 1. The minimum absolute atomic E-state index is 0.0390. The zero-order valence-electron chi connectivity index (χ0n) is 12.0. The molecule has 2 aliphatic rings. The van der Waals surface area contributed by atoms with Crippen LogP contribution in [0, 0.1) is 5.92 Å². The summed E-state index contributed by atoms with van der Waals surface area (Å²) in [5, 5.41) is 9.32. The summed E-state index contributed by atoms with van der Waals surface area (Å²) < 4.78 is 5.51. The molecule has 1 saturated heterocycles. The van der Waals surface area contributed by atoms with Crippen molar-refractivity contribution in [2.45, 2.75) is 50.6 Å². The molecule has 1 aliphatic carbocycles. The predicted octanol–water partition coefficient (Wildman–Crippen LogP) is 1.07.